The molecule has 1 unspecified atom stereocenters. The van der Waals surface area contributed by atoms with Crippen molar-refractivity contribution >= 4 is 27.3 Å². The van der Waals surface area contributed by atoms with E-state index in [-0.39, 0.29) is 10.6 Å². The first-order valence-electron chi connectivity index (χ1n) is 6.71. The highest BCUT2D eigenvalue weighted by atomic mass is 32.2. The minimum absolute atomic E-state index is 0.0824. The molecule has 0 aliphatic carbocycles. The van der Waals surface area contributed by atoms with Crippen molar-refractivity contribution in [2.45, 2.75) is 30.2 Å². The van der Waals surface area contributed by atoms with E-state index in [4.69, 9.17) is 0 Å². The second-order valence-electron chi connectivity index (χ2n) is 5.10. The van der Waals surface area contributed by atoms with Crippen LogP contribution in [0.5, 0.6) is 0 Å². The van der Waals surface area contributed by atoms with Gasteiger partial charge in [-0.3, -0.25) is 0 Å². The summed E-state index contributed by atoms with van der Waals surface area (Å²) in [5.74, 6) is 0. The number of fused-ring (bicyclic) bond motifs is 1. The van der Waals surface area contributed by atoms with E-state index in [1.54, 1.807) is 6.07 Å². The number of nitrogens with zero attached hydrogens (tertiary/aromatic N) is 1. The van der Waals surface area contributed by atoms with E-state index in [0.29, 0.717) is 30.3 Å². The summed E-state index contributed by atoms with van der Waals surface area (Å²) in [4.78, 5) is 27.5. The van der Waals surface area contributed by atoms with Crippen LogP contribution in [0.15, 0.2) is 27.9 Å². The fraction of sp³-hybridized carbons (Fsp3) is 0.385. The second kappa shape index (κ2) is 5.12. The number of carbonyl (C=O) groups excluding carboxylic acids is 1. The Labute approximate surface area is 121 Å². The monoisotopic (exact) mass is 309 g/mol. The molecule has 1 saturated heterocycles. The van der Waals surface area contributed by atoms with Crippen LogP contribution in [0.4, 0.5) is 0 Å². The highest BCUT2D eigenvalue weighted by molar-refractivity contribution is 7.89. The van der Waals surface area contributed by atoms with Gasteiger partial charge in [-0.1, -0.05) is 6.42 Å². The van der Waals surface area contributed by atoms with Gasteiger partial charge in [0.2, 0.25) is 10.0 Å². The summed E-state index contributed by atoms with van der Waals surface area (Å²) >= 11 is 0. The zero-order valence-corrected chi connectivity index (χ0v) is 12.0. The molecule has 7 nitrogen and oxygen atoms in total. The highest BCUT2D eigenvalue weighted by Gasteiger charge is 2.33. The van der Waals surface area contributed by atoms with Gasteiger partial charge < -0.3 is 14.8 Å². The van der Waals surface area contributed by atoms with Crippen molar-refractivity contribution in [3.05, 3.63) is 28.7 Å². The lowest BCUT2D eigenvalue weighted by atomic mass is 10.1. The minimum Gasteiger partial charge on any atom is -0.306 e. The van der Waals surface area contributed by atoms with Gasteiger partial charge in [-0.05, 0) is 31.0 Å². The summed E-state index contributed by atoms with van der Waals surface area (Å²) in [6.07, 6.45) is 2.83. The number of sulfonamides is 1. The van der Waals surface area contributed by atoms with Gasteiger partial charge >= 0.3 is 5.69 Å². The number of aromatic nitrogens is 2. The van der Waals surface area contributed by atoms with Gasteiger partial charge in [0.05, 0.1) is 22.0 Å². The number of carbonyl (C=O) groups is 1. The number of aldehydes is 1. The first-order valence-corrected chi connectivity index (χ1v) is 8.15. The topological polar surface area (TPSA) is 103 Å². The normalized spacial score (nSPS) is 20.7. The quantitative estimate of drug-likeness (QED) is 0.810. The van der Waals surface area contributed by atoms with Crippen LogP contribution < -0.4 is 5.69 Å². The number of H-pyrrole nitrogens is 2. The molecule has 1 fully saturated rings. The largest absolute Gasteiger partial charge is 0.323 e. The van der Waals surface area contributed by atoms with Gasteiger partial charge in [0, 0.05) is 6.54 Å². The summed E-state index contributed by atoms with van der Waals surface area (Å²) in [5, 5.41) is 0. The van der Waals surface area contributed by atoms with Crippen molar-refractivity contribution < 1.29 is 13.2 Å². The number of nitrogens with one attached hydrogen (secondary N) is 2. The standard InChI is InChI=1S/C13H15N3O4S/c17-8-9-3-1-2-6-16(9)21(19,20)10-4-5-11-12(7-10)15-13(18)14-11/h4-5,7-9H,1-3,6H2,(H2,14,15,18). The van der Waals surface area contributed by atoms with Crippen molar-refractivity contribution in [3.8, 4) is 0 Å². The molecule has 21 heavy (non-hydrogen) atoms. The Kier molecular flexibility index (Phi) is 3.42. The van der Waals surface area contributed by atoms with E-state index in [0.717, 1.165) is 12.8 Å². The van der Waals surface area contributed by atoms with E-state index in [1.807, 2.05) is 0 Å². The number of aromatic amines is 2. The third-order valence-electron chi connectivity index (χ3n) is 3.75. The van der Waals surface area contributed by atoms with Crippen LogP contribution in [0.2, 0.25) is 0 Å². The SMILES string of the molecule is O=CC1CCCCN1S(=O)(=O)c1ccc2[nH]c(=O)[nH]c2c1. The Morgan fingerprint density at radius 3 is 2.71 bits per heavy atom. The Morgan fingerprint density at radius 2 is 1.95 bits per heavy atom. The molecule has 0 bridgehead atoms. The summed E-state index contributed by atoms with van der Waals surface area (Å²) < 4.78 is 26.6. The average molecular weight is 309 g/mol. The second-order valence-corrected chi connectivity index (χ2v) is 6.99. The molecule has 1 aliphatic heterocycles. The van der Waals surface area contributed by atoms with Gasteiger partial charge in [-0.15, -0.1) is 0 Å². The number of benzene rings is 1. The molecule has 0 saturated carbocycles. The van der Waals surface area contributed by atoms with Crippen LogP contribution in [0, 0.1) is 0 Å². The Morgan fingerprint density at radius 1 is 1.19 bits per heavy atom. The first-order chi connectivity index (χ1) is 10.0. The molecular formula is C13H15N3O4S. The highest BCUT2D eigenvalue weighted by Crippen LogP contribution is 2.25. The fourth-order valence-corrected chi connectivity index (χ4v) is 4.33. The summed E-state index contributed by atoms with van der Waals surface area (Å²) in [6.45, 7) is 0.341. The maximum absolute atomic E-state index is 12.7. The molecule has 8 heteroatoms. The van der Waals surface area contributed by atoms with E-state index < -0.39 is 16.1 Å². The Bertz CT molecular complexity index is 836. The number of rotatable bonds is 3. The number of hydrogen-bond acceptors (Lipinski definition) is 4. The first kappa shape index (κ1) is 14.0. The molecule has 3 rings (SSSR count). The van der Waals surface area contributed by atoms with Gasteiger partial charge in [-0.25, -0.2) is 13.2 Å². The van der Waals surface area contributed by atoms with Crippen LogP contribution in [0.25, 0.3) is 11.0 Å². The molecule has 112 valence electrons. The van der Waals surface area contributed by atoms with Crippen molar-refractivity contribution in [1.82, 2.24) is 14.3 Å². The maximum atomic E-state index is 12.7. The van der Waals surface area contributed by atoms with E-state index in [9.17, 15) is 18.0 Å². The van der Waals surface area contributed by atoms with Crippen LogP contribution in [0.1, 0.15) is 19.3 Å². The van der Waals surface area contributed by atoms with Gasteiger partial charge in [0.1, 0.15) is 6.29 Å². The molecule has 2 N–H and O–H groups in total. The third-order valence-corrected chi connectivity index (χ3v) is 5.67. The third kappa shape index (κ3) is 2.40. The molecular weight excluding hydrogens is 294 g/mol. The summed E-state index contributed by atoms with van der Waals surface area (Å²) in [5.41, 5.74) is 0.591. The Balaban J connectivity index is 2.06. The zero-order chi connectivity index (χ0) is 15.0. The Hall–Kier alpha value is -1.93. The summed E-state index contributed by atoms with van der Waals surface area (Å²) in [7, 11) is -3.74. The molecule has 2 heterocycles. The van der Waals surface area contributed by atoms with Crippen molar-refractivity contribution in [3.63, 3.8) is 0 Å². The molecule has 1 aromatic carbocycles. The van der Waals surface area contributed by atoms with Gasteiger partial charge in [-0.2, -0.15) is 4.31 Å². The van der Waals surface area contributed by atoms with Crippen molar-refractivity contribution in [2.75, 3.05) is 6.54 Å². The summed E-state index contributed by atoms with van der Waals surface area (Å²) in [6, 6.07) is 3.79. The van der Waals surface area contributed by atoms with Crippen molar-refractivity contribution in [2.24, 2.45) is 0 Å². The average Bonchev–Trinajstić information content (AvgIpc) is 2.86. The van der Waals surface area contributed by atoms with Crippen LogP contribution in [0.3, 0.4) is 0 Å². The van der Waals surface area contributed by atoms with Gasteiger partial charge in [0.15, 0.2) is 0 Å². The molecule has 0 amide bonds. The smallest absolute Gasteiger partial charge is 0.306 e. The van der Waals surface area contributed by atoms with E-state index in [2.05, 4.69) is 9.97 Å². The number of imidazole rings is 1. The van der Waals surface area contributed by atoms with Gasteiger partial charge in [0.25, 0.3) is 0 Å². The molecule has 1 aromatic heterocycles. The van der Waals surface area contributed by atoms with Crippen LogP contribution in [-0.2, 0) is 14.8 Å². The zero-order valence-electron chi connectivity index (χ0n) is 11.2. The van der Waals surface area contributed by atoms with Crippen LogP contribution >= 0.6 is 0 Å². The van der Waals surface area contributed by atoms with E-state index >= 15 is 0 Å². The minimum atomic E-state index is -3.74. The van der Waals surface area contributed by atoms with Crippen LogP contribution in [-0.4, -0.2) is 41.6 Å². The lowest BCUT2D eigenvalue weighted by Crippen LogP contribution is -2.44. The molecule has 0 spiro atoms. The molecule has 0 radical (unpaired) electrons. The number of hydrogen-bond donors (Lipinski definition) is 2. The fourth-order valence-electron chi connectivity index (χ4n) is 2.67. The predicted molar refractivity (Wildman–Crippen MR) is 76.5 cm³/mol. The molecule has 1 aliphatic rings. The molecule has 2 aromatic rings. The maximum Gasteiger partial charge on any atom is 0.323 e. The molecule has 1 atom stereocenters. The van der Waals surface area contributed by atoms with E-state index in [1.165, 1.54) is 16.4 Å². The van der Waals surface area contributed by atoms with Crippen molar-refractivity contribution in [1.29, 1.82) is 0 Å². The lowest BCUT2D eigenvalue weighted by Gasteiger charge is -2.31. The lowest BCUT2D eigenvalue weighted by molar-refractivity contribution is -0.111. The number of piperidine rings is 1. The predicted octanol–water partition coefficient (Wildman–Crippen LogP) is 0.598.